The van der Waals surface area contributed by atoms with Gasteiger partial charge in [-0.25, -0.2) is 0 Å². The van der Waals surface area contributed by atoms with Crippen LogP contribution in [0.2, 0.25) is 0 Å². The molecule has 112 valence electrons. The van der Waals surface area contributed by atoms with E-state index in [1.807, 2.05) is 6.92 Å². The standard InChI is InChI=1S/C17H28N2O/c1-13(18)14-7-8-16-15(12-14)6-5-9-19(16)10-11-20-17(2,3)4/h7-8,12-13H,5-6,9-11,18H2,1-4H3. The molecule has 0 amide bonds. The van der Waals surface area contributed by atoms with Crippen LogP contribution in [0.3, 0.4) is 0 Å². The molecule has 0 bridgehead atoms. The molecule has 0 saturated heterocycles. The first kappa shape index (κ1) is 15.3. The van der Waals surface area contributed by atoms with Gasteiger partial charge in [0, 0.05) is 24.8 Å². The fraction of sp³-hybridized carbons (Fsp3) is 0.647. The second-order valence-corrected chi connectivity index (χ2v) is 6.73. The molecule has 1 aliphatic rings. The van der Waals surface area contributed by atoms with Crippen molar-refractivity contribution in [2.75, 3.05) is 24.6 Å². The Morgan fingerprint density at radius 3 is 2.75 bits per heavy atom. The predicted molar refractivity (Wildman–Crippen MR) is 85.3 cm³/mol. The van der Waals surface area contributed by atoms with Gasteiger partial charge in [0.1, 0.15) is 0 Å². The third-order valence-electron chi connectivity index (χ3n) is 3.74. The van der Waals surface area contributed by atoms with Crippen molar-refractivity contribution in [3.8, 4) is 0 Å². The minimum absolute atomic E-state index is 0.0581. The fourth-order valence-corrected chi connectivity index (χ4v) is 2.67. The van der Waals surface area contributed by atoms with Gasteiger partial charge in [-0.05, 0) is 57.7 Å². The molecule has 2 rings (SSSR count). The molecule has 2 N–H and O–H groups in total. The number of aryl methyl sites for hydroxylation is 1. The molecule has 0 saturated carbocycles. The molecule has 1 atom stereocenters. The maximum absolute atomic E-state index is 5.98. The van der Waals surface area contributed by atoms with Crippen LogP contribution < -0.4 is 10.6 Å². The van der Waals surface area contributed by atoms with E-state index in [-0.39, 0.29) is 11.6 Å². The molecule has 1 aromatic carbocycles. The second-order valence-electron chi connectivity index (χ2n) is 6.73. The summed E-state index contributed by atoms with van der Waals surface area (Å²) < 4.78 is 5.85. The van der Waals surface area contributed by atoms with Gasteiger partial charge in [0.2, 0.25) is 0 Å². The van der Waals surface area contributed by atoms with Crippen LogP contribution >= 0.6 is 0 Å². The van der Waals surface area contributed by atoms with Crippen molar-refractivity contribution in [2.24, 2.45) is 5.73 Å². The number of hydrogen-bond donors (Lipinski definition) is 1. The lowest BCUT2D eigenvalue weighted by molar-refractivity contribution is 0.00128. The van der Waals surface area contributed by atoms with Gasteiger partial charge in [-0.3, -0.25) is 0 Å². The Labute approximate surface area is 123 Å². The summed E-state index contributed by atoms with van der Waals surface area (Å²) in [5, 5.41) is 0. The average Bonchev–Trinajstić information content (AvgIpc) is 2.36. The fourth-order valence-electron chi connectivity index (χ4n) is 2.67. The second kappa shape index (κ2) is 6.15. The summed E-state index contributed by atoms with van der Waals surface area (Å²) in [5.74, 6) is 0. The third kappa shape index (κ3) is 3.97. The van der Waals surface area contributed by atoms with E-state index >= 15 is 0 Å². The van der Waals surface area contributed by atoms with Gasteiger partial charge in [0.15, 0.2) is 0 Å². The van der Waals surface area contributed by atoms with E-state index in [1.54, 1.807) is 0 Å². The Kier molecular flexibility index (Phi) is 4.71. The van der Waals surface area contributed by atoms with Crippen molar-refractivity contribution in [3.63, 3.8) is 0 Å². The van der Waals surface area contributed by atoms with Crippen LogP contribution in [0.4, 0.5) is 5.69 Å². The van der Waals surface area contributed by atoms with Crippen LogP contribution in [-0.2, 0) is 11.2 Å². The quantitative estimate of drug-likeness (QED) is 0.917. The zero-order valence-corrected chi connectivity index (χ0v) is 13.3. The minimum Gasteiger partial charge on any atom is -0.374 e. The van der Waals surface area contributed by atoms with Crippen LogP contribution in [-0.4, -0.2) is 25.3 Å². The Balaban J connectivity index is 2.05. The van der Waals surface area contributed by atoms with E-state index in [9.17, 15) is 0 Å². The van der Waals surface area contributed by atoms with E-state index in [2.05, 4.69) is 43.9 Å². The molecule has 0 fully saturated rings. The molecule has 1 aromatic rings. The van der Waals surface area contributed by atoms with E-state index in [4.69, 9.17) is 10.5 Å². The summed E-state index contributed by atoms with van der Waals surface area (Å²) in [6.07, 6.45) is 2.37. The number of fused-ring (bicyclic) bond motifs is 1. The third-order valence-corrected chi connectivity index (χ3v) is 3.74. The summed E-state index contributed by atoms with van der Waals surface area (Å²) in [4.78, 5) is 2.44. The number of anilines is 1. The highest BCUT2D eigenvalue weighted by Crippen LogP contribution is 2.29. The Morgan fingerprint density at radius 1 is 1.35 bits per heavy atom. The number of hydrogen-bond acceptors (Lipinski definition) is 3. The molecule has 1 heterocycles. The van der Waals surface area contributed by atoms with Crippen molar-refractivity contribution in [1.29, 1.82) is 0 Å². The van der Waals surface area contributed by atoms with Gasteiger partial charge in [0.25, 0.3) is 0 Å². The topological polar surface area (TPSA) is 38.5 Å². The molecule has 0 spiro atoms. The van der Waals surface area contributed by atoms with Gasteiger partial charge in [-0.15, -0.1) is 0 Å². The first-order valence-corrected chi connectivity index (χ1v) is 7.64. The van der Waals surface area contributed by atoms with Crippen molar-refractivity contribution in [1.82, 2.24) is 0 Å². The predicted octanol–water partition coefficient (Wildman–Crippen LogP) is 3.27. The van der Waals surface area contributed by atoms with Crippen LogP contribution in [0, 0.1) is 0 Å². The van der Waals surface area contributed by atoms with Crippen LogP contribution in [0.5, 0.6) is 0 Å². The van der Waals surface area contributed by atoms with Crippen molar-refractivity contribution in [2.45, 2.75) is 52.2 Å². The zero-order valence-electron chi connectivity index (χ0n) is 13.3. The first-order chi connectivity index (χ1) is 9.37. The molecule has 0 aliphatic carbocycles. The van der Waals surface area contributed by atoms with Gasteiger partial charge in [-0.1, -0.05) is 12.1 Å². The van der Waals surface area contributed by atoms with Gasteiger partial charge in [-0.2, -0.15) is 0 Å². The summed E-state index contributed by atoms with van der Waals surface area (Å²) >= 11 is 0. The molecule has 20 heavy (non-hydrogen) atoms. The van der Waals surface area contributed by atoms with Gasteiger partial charge in [0.05, 0.1) is 12.2 Å². The maximum atomic E-state index is 5.98. The van der Waals surface area contributed by atoms with E-state index in [1.165, 1.54) is 23.2 Å². The molecular weight excluding hydrogens is 248 g/mol. The number of ether oxygens (including phenoxy) is 1. The lowest BCUT2D eigenvalue weighted by atomic mass is 9.97. The van der Waals surface area contributed by atoms with Crippen molar-refractivity contribution >= 4 is 5.69 Å². The average molecular weight is 276 g/mol. The Bertz CT molecular complexity index is 449. The highest BCUT2D eigenvalue weighted by molar-refractivity contribution is 5.57. The highest BCUT2D eigenvalue weighted by Gasteiger charge is 2.18. The van der Waals surface area contributed by atoms with Crippen LogP contribution in [0.25, 0.3) is 0 Å². The molecule has 0 radical (unpaired) electrons. The number of rotatable bonds is 4. The largest absolute Gasteiger partial charge is 0.374 e. The Morgan fingerprint density at radius 2 is 2.10 bits per heavy atom. The molecule has 1 unspecified atom stereocenters. The molecule has 1 aliphatic heterocycles. The van der Waals surface area contributed by atoms with Gasteiger partial charge >= 0.3 is 0 Å². The number of nitrogens with zero attached hydrogens (tertiary/aromatic N) is 1. The monoisotopic (exact) mass is 276 g/mol. The lowest BCUT2D eigenvalue weighted by Gasteiger charge is -2.33. The van der Waals surface area contributed by atoms with Crippen LogP contribution in [0.1, 0.15) is 51.3 Å². The highest BCUT2D eigenvalue weighted by atomic mass is 16.5. The number of benzene rings is 1. The van der Waals surface area contributed by atoms with E-state index in [0.29, 0.717) is 0 Å². The SMILES string of the molecule is CC(N)c1ccc2c(c1)CCCN2CCOC(C)(C)C. The molecule has 3 heteroatoms. The summed E-state index contributed by atoms with van der Waals surface area (Å²) in [6.45, 7) is 11.2. The molecule has 3 nitrogen and oxygen atoms in total. The lowest BCUT2D eigenvalue weighted by Crippen LogP contribution is -2.34. The van der Waals surface area contributed by atoms with E-state index in [0.717, 1.165) is 26.1 Å². The molecule has 0 aromatic heterocycles. The van der Waals surface area contributed by atoms with Crippen molar-refractivity contribution < 1.29 is 4.74 Å². The van der Waals surface area contributed by atoms with Crippen LogP contribution in [0.15, 0.2) is 18.2 Å². The Hall–Kier alpha value is -1.06. The first-order valence-electron chi connectivity index (χ1n) is 7.64. The zero-order chi connectivity index (χ0) is 14.8. The smallest absolute Gasteiger partial charge is 0.0648 e. The van der Waals surface area contributed by atoms with Crippen molar-refractivity contribution in [3.05, 3.63) is 29.3 Å². The number of nitrogens with two attached hydrogens (primary N) is 1. The molecular formula is C17H28N2O. The summed E-state index contributed by atoms with van der Waals surface area (Å²) in [7, 11) is 0. The maximum Gasteiger partial charge on any atom is 0.0648 e. The minimum atomic E-state index is -0.0581. The normalized spacial score (nSPS) is 16.9. The van der Waals surface area contributed by atoms with E-state index < -0.39 is 0 Å². The summed E-state index contributed by atoms with van der Waals surface area (Å²) in [6, 6.07) is 6.77. The van der Waals surface area contributed by atoms with Gasteiger partial charge < -0.3 is 15.4 Å². The summed E-state index contributed by atoms with van der Waals surface area (Å²) in [5.41, 5.74) is 9.94.